The van der Waals surface area contributed by atoms with Crippen LogP contribution in [0.15, 0.2) is 78.9 Å². The van der Waals surface area contributed by atoms with Gasteiger partial charge in [0.15, 0.2) is 5.78 Å². The number of methoxy groups -OCH3 is 1. The lowest BCUT2D eigenvalue weighted by Gasteiger charge is -2.27. The zero-order valence-corrected chi connectivity index (χ0v) is 20.3. The summed E-state index contributed by atoms with van der Waals surface area (Å²) in [5.41, 5.74) is 2.99. The van der Waals surface area contributed by atoms with Gasteiger partial charge in [0.1, 0.15) is 18.1 Å². The summed E-state index contributed by atoms with van der Waals surface area (Å²) in [7, 11) is 1.67. The van der Waals surface area contributed by atoms with Crippen molar-refractivity contribution in [1.29, 1.82) is 0 Å². The molecule has 0 N–H and O–H groups in total. The third-order valence-corrected chi connectivity index (χ3v) is 6.83. The van der Waals surface area contributed by atoms with E-state index in [4.69, 9.17) is 9.47 Å². The van der Waals surface area contributed by atoms with E-state index in [9.17, 15) is 4.79 Å². The first kappa shape index (κ1) is 24.0. The first-order valence-corrected chi connectivity index (χ1v) is 12.4. The maximum Gasteiger partial charge on any atom is 0.166 e. The molecule has 1 fully saturated rings. The maximum atomic E-state index is 13.6. The summed E-state index contributed by atoms with van der Waals surface area (Å²) in [6.07, 6.45) is 3.34. The average Bonchev–Trinajstić information content (AvgIpc) is 3.42. The Labute approximate surface area is 203 Å². The molecule has 0 unspecified atom stereocenters. The number of rotatable bonds is 11. The standard InChI is InChI=1S/C30H35NO3/c1-3-28(30(32)25-9-5-4-6-10-25)29(23-11-15-26(33-2)16-12-23)24-13-17-27(18-14-24)34-22-21-31-19-7-8-20-31/h4-6,9-18,28-29H,3,7-8,19-22H2,1-2H3/t28-,29-/m1/s1. The van der Waals surface area contributed by atoms with Crippen LogP contribution >= 0.6 is 0 Å². The lowest BCUT2D eigenvalue weighted by Crippen LogP contribution is -2.25. The van der Waals surface area contributed by atoms with Crippen molar-refractivity contribution in [3.63, 3.8) is 0 Å². The van der Waals surface area contributed by atoms with Crippen molar-refractivity contribution in [3.8, 4) is 11.5 Å². The van der Waals surface area contributed by atoms with Crippen LogP contribution < -0.4 is 9.47 Å². The number of benzene rings is 3. The van der Waals surface area contributed by atoms with Gasteiger partial charge in [-0.2, -0.15) is 0 Å². The number of hydrogen-bond donors (Lipinski definition) is 0. The van der Waals surface area contributed by atoms with Gasteiger partial charge in [-0.05, 0) is 67.7 Å². The summed E-state index contributed by atoms with van der Waals surface area (Å²) in [6.45, 7) is 6.13. The predicted octanol–water partition coefficient (Wildman–Crippen LogP) is 6.21. The van der Waals surface area contributed by atoms with Gasteiger partial charge in [0.05, 0.1) is 7.11 Å². The van der Waals surface area contributed by atoms with E-state index < -0.39 is 0 Å². The second-order valence-electron chi connectivity index (χ2n) is 8.96. The van der Waals surface area contributed by atoms with Crippen LogP contribution in [0.3, 0.4) is 0 Å². The molecule has 4 rings (SSSR count). The minimum absolute atomic E-state index is 0.0535. The van der Waals surface area contributed by atoms with E-state index in [1.807, 2.05) is 54.6 Å². The number of likely N-dealkylation sites (tertiary alicyclic amines) is 1. The molecule has 0 spiro atoms. The zero-order chi connectivity index (χ0) is 23.8. The largest absolute Gasteiger partial charge is 0.497 e. The molecule has 0 bridgehead atoms. The van der Waals surface area contributed by atoms with E-state index in [1.165, 1.54) is 25.9 Å². The van der Waals surface area contributed by atoms with Crippen LogP contribution in [0.25, 0.3) is 0 Å². The second-order valence-corrected chi connectivity index (χ2v) is 8.96. The van der Waals surface area contributed by atoms with Gasteiger partial charge in [-0.25, -0.2) is 0 Å². The summed E-state index contributed by atoms with van der Waals surface area (Å²) < 4.78 is 11.4. The molecule has 0 aliphatic carbocycles. The summed E-state index contributed by atoms with van der Waals surface area (Å²) in [4.78, 5) is 16.0. The molecule has 0 aromatic heterocycles. The lowest BCUT2D eigenvalue weighted by atomic mass is 9.76. The Morgan fingerprint density at radius 2 is 1.44 bits per heavy atom. The molecule has 1 heterocycles. The Kier molecular flexibility index (Phi) is 8.37. The number of nitrogens with zero attached hydrogens (tertiary/aromatic N) is 1. The average molecular weight is 458 g/mol. The number of ether oxygens (including phenoxy) is 2. The lowest BCUT2D eigenvalue weighted by molar-refractivity contribution is 0.0904. The Hall–Kier alpha value is -3.11. The molecule has 4 heteroatoms. The fourth-order valence-corrected chi connectivity index (χ4v) is 4.93. The second kappa shape index (κ2) is 11.8. The van der Waals surface area contributed by atoms with Crippen molar-refractivity contribution >= 4 is 5.78 Å². The van der Waals surface area contributed by atoms with Crippen molar-refractivity contribution in [2.75, 3.05) is 33.4 Å². The van der Waals surface area contributed by atoms with Crippen LogP contribution in [0, 0.1) is 5.92 Å². The molecule has 0 amide bonds. The molecule has 4 nitrogen and oxygen atoms in total. The number of carbonyl (C=O) groups is 1. The van der Waals surface area contributed by atoms with Crippen molar-refractivity contribution < 1.29 is 14.3 Å². The van der Waals surface area contributed by atoms with Crippen LogP contribution in [0.1, 0.15) is 53.6 Å². The predicted molar refractivity (Wildman–Crippen MR) is 137 cm³/mol. The van der Waals surface area contributed by atoms with E-state index in [-0.39, 0.29) is 17.6 Å². The molecule has 2 atom stereocenters. The van der Waals surface area contributed by atoms with Crippen molar-refractivity contribution in [3.05, 3.63) is 95.6 Å². The van der Waals surface area contributed by atoms with Crippen LogP contribution in [-0.2, 0) is 0 Å². The highest BCUT2D eigenvalue weighted by molar-refractivity contribution is 5.98. The van der Waals surface area contributed by atoms with E-state index >= 15 is 0 Å². The van der Waals surface area contributed by atoms with E-state index in [2.05, 4.69) is 36.1 Å². The van der Waals surface area contributed by atoms with Crippen LogP contribution in [0.4, 0.5) is 0 Å². The van der Waals surface area contributed by atoms with Crippen LogP contribution in [0.2, 0.25) is 0 Å². The van der Waals surface area contributed by atoms with Crippen molar-refractivity contribution in [1.82, 2.24) is 4.90 Å². The number of hydrogen-bond acceptors (Lipinski definition) is 4. The van der Waals surface area contributed by atoms with Crippen molar-refractivity contribution in [2.45, 2.75) is 32.1 Å². The molecule has 1 aliphatic heterocycles. The molecule has 1 saturated heterocycles. The van der Waals surface area contributed by atoms with E-state index in [0.717, 1.165) is 41.2 Å². The van der Waals surface area contributed by atoms with Gasteiger partial charge in [-0.1, -0.05) is 61.5 Å². The first-order valence-electron chi connectivity index (χ1n) is 12.4. The van der Waals surface area contributed by atoms with Crippen LogP contribution in [-0.4, -0.2) is 44.0 Å². The molecular weight excluding hydrogens is 422 g/mol. The van der Waals surface area contributed by atoms with E-state index in [1.54, 1.807) is 7.11 Å². The fourth-order valence-electron chi connectivity index (χ4n) is 4.93. The van der Waals surface area contributed by atoms with Crippen LogP contribution in [0.5, 0.6) is 11.5 Å². The van der Waals surface area contributed by atoms with Crippen molar-refractivity contribution in [2.24, 2.45) is 5.92 Å². The number of carbonyl (C=O) groups excluding carboxylic acids is 1. The highest BCUT2D eigenvalue weighted by Crippen LogP contribution is 2.37. The number of ketones is 1. The topological polar surface area (TPSA) is 38.8 Å². The third-order valence-electron chi connectivity index (χ3n) is 6.83. The Balaban J connectivity index is 1.57. The SMILES string of the molecule is CC[C@@H](C(=O)c1ccccc1)[C@H](c1ccc(OC)cc1)c1ccc(OCCN2CCCC2)cc1. The Bertz CT molecular complexity index is 1020. The Morgan fingerprint density at radius 1 is 0.853 bits per heavy atom. The van der Waals surface area contributed by atoms with Gasteiger partial charge < -0.3 is 9.47 Å². The molecule has 34 heavy (non-hydrogen) atoms. The summed E-state index contributed by atoms with van der Waals surface area (Å²) in [6, 6.07) is 26.0. The quantitative estimate of drug-likeness (QED) is 0.321. The highest BCUT2D eigenvalue weighted by atomic mass is 16.5. The summed E-state index contributed by atoms with van der Waals surface area (Å²) >= 11 is 0. The maximum absolute atomic E-state index is 13.6. The first-order chi connectivity index (χ1) is 16.7. The molecular formula is C30H35NO3. The molecule has 3 aromatic rings. The minimum atomic E-state index is -0.169. The monoisotopic (exact) mass is 457 g/mol. The van der Waals surface area contributed by atoms with Gasteiger partial charge >= 0.3 is 0 Å². The molecule has 0 radical (unpaired) electrons. The molecule has 178 valence electrons. The normalized spacial score (nSPS) is 15.6. The smallest absolute Gasteiger partial charge is 0.166 e. The molecule has 0 saturated carbocycles. The Morgan fingerprint density at radius 3 is 2.00 bits per heavy atom. The fraction of sp³-hybridized carbons (Fsp3) is 0.367. The molecule has 3 aromatic carbocycles. The third kappa shape index (κ3) is 5.87. The van der Waals surface area contributed by atoms with Gasteiger partial charge in [-0.3, -0.25) is 9.69 Å². The minimum Gasteiger partial charge on any atom is -0.497 e. The zero-order valence-electron chi connectivity index (χ0n) is 20.3. The molecule has 1 aliphatic rings. The van der Waals surface area contributed by atoms with E-state index in [0.29, 0.717) is 6.61 Å². The summed E-state index contributed by atoms with van der Waals surface area (Å²) in [5.74, 6) is 1.64. The van der Waals surface area contributed by atoms with Gasteiger partial charge in [0.25, 0.3) is 0 Å². The van der Waals surface area contributed by atoms with Gasteiger partial charge in [0.2, 0.25) is 0 Å². The number of Topliss-reactive ketones (excluding diaryl/α,β-unsaturated/α-hetero) is 1. The summed E-state index contributed by atoms with van der Waals surface area (Å²) in [5, 5.41) is 0. The highest BCUT2D eigenvalue weighted by Gasteiger charge is 2.30. The van der Waals surface area contributed by atoms with Gasteiger partial charge in [0, 0.05) is 23.9 Å². The van der Waals surface area contributed by atoms with Gasteiger partial charge in [-0.15, -0.1) is 0 Å².